The van der Waals surface area contributed by atoms with E-state index in [1.165, 1.54) is 6.20 Å². The number of nitrogen functional groups attached to an aromatic ring is 1. The predicted octanol–water partition coefficient (Wildman–Crippen LogP) is 1.75. The van der Waals surface area contributed by atoms with Gasteiger partial charge < -0.3 is 16.4 Å². The third-order valence-corrected chi connectivity index (χ3v) is 2.40. The summed E-state index contributed by atoms with van der Waals surface area (Å²) in [5, 5.41) is 5.79. The van der Waals surface area contributed by atoms with Crippen LogP contribution in [0, 0.1) is 0 Å². The van der Waals surface area contributed by atoms with Gasteiger partial charge in [0.15, 0.2) is 0 Å². The van der Waals surface area contributed by atoms with Crippen molar-refractivity contribution in [1.29, 1.82) is 0 Å². The highest BCUT2D eigenvalue weighted by Crippen LogP contribution is 2.21. The summed E-state index contributed by atoms with van der Waals surface area (Å²) in [6.07, 6.45) is 1.54. The van der Waals surface area contributed by atoms with E-state index in [0.29, 0.717) is 11.5 Å². The third-order valence-electron chi connectivity index (χ3n) is 1.79. The van der Waals surface area contributed by atoms with Crippen LogP contribution < -0.4 is 16.4 Å². The number of nitrogens with two attached hydrogens (primary N) is 1. The Morgan fingerprint density at radius 1 is 1.53 bits per heavy atom. The molecule has 1 aromatic heterocycles. The number of hydrogen-bond acceptors (Lipinski definition) is 4. The molecule has 17 heavy (non-hydrogen) atoms. The van der Waals surface area contributed by atoms with Crippen molar-refractivity contribution in [2.75, 3.05) is 17.6 Å². The Labute approximate surface area is 109 Å². The van der Waals surface area contributed by atoms with Gasteiger partial charge >= 0.3 is 0 Å². The first-order valence-corrected chi connectivity index (χ1v) is 6.03. The molecule has 0 aliphatic heterocycles. The maximum absolute atomic E-state index is 11.6. The van der Waals surface area contributed by atoms with Crippen LogP contribution in [0.5, 0.6) is 0 Å². The Morgan fingerprint density at radius 2 is 2.18 bits per heavy atom. The van der Waals surface area contributed by atoms with Crippen molar-refractivity contribution in [3.63, 3.8) is 0 Å². The minimum Gasteiger partial charge on any atom is -0.397 e. The number of pyridine rings is 1. The van der Waals surface area contributed by atoms with Crippen LogP contribution in [-0.2, 0) is 4.79 Å². The minimum absolute atomic E-state index is 0.0805. The number of nitrogens with zero attached hydrogens (tertiary/aromatic N) is 1. The van der Waals surface area contributed by atoms with E-state index in [9.17, 15) is 4.79 Å². The summed E-state index contributed by atoms with van der Waals surface area (Å²) in [6, 6.07) is 1.73. The van der Waals surface area contributed by atoms with Crippen molar-refractivity contribution in [3.8, 4) is 0 Å². The maximum atomic E-state index is 11.6. The molecule has 5 nitrogen and oxygen atoms in total. The van der Waals surface area contributed by atoms with Crippen LogP contribution in [0.25, 0.3) is 0 Å². The molecule has 6 heteroatoms. The lowest BCUT2D eigenvalue weighted by molar-refractivity contribution is -0.120. The molecule has 0 radical (unpaired) electrons. The molecule has 0 aliphatic carbocycles. The number of carbonyl (C=O) groups excluding carboxylic acids is 1. The second-order valence-corrected chi connectivity index (χ2v) is 5.61. The van der Waals surface area contributed by atoms with Crippen LogP contribution in [0.1, 0.15) is 20.8 Å². The SMILES string of the molecule is CC(C)(C)NC(=O)CNc1ncc(N)cc1Br. The summed E-state index contributed by atoms with van der Waals surface area (Å²) in [6.45, 7) is 5.97. The largest absolute Gasteiger partial charge is 0.397 e. The molecule has 0 saturated heterocycles. The fourth-order valence-corrected chi connectivity index (χ4v) is 1.72. The zero-order valence-corrected chi connectivity index (χ0v) is 11.8. The summed E-state index contributed by atoms with van der Waals surface area (Å²) >= 11 is 3.32. The molecule has 1 heterocycles. The first-order chi connectivity index (χ1) is 7.78. The molecular weight excluding hydrogens is 284 g/mol. The summed E-state index contributed by atoms with van der Waals surface area (Å²) < 4.78 is 0.737. The van der Waals surface area contributed by atoms with Crippen LogP contribution in [-0.4, -0.2) is 23.0 Å². The van der Waals surface area contributed by atoms with Gasteiger partial charge in [-0.15, -0.1) is 0 Å². The normalized spacial score (nSPS) is 11.1. The Morgan fingerprint density at radius 3 is 2.71 bits per heavy atom. The van der Waals surface area contributed by atoms with E-state index in [0.717, 1.165) is 4.47 Å². The van der Waals surface area contributed by atoms with Crippen LogP contribution in [0.2, 0.25) is 0 Å². The second kappa shape index (κ2) is 5.35. The Bertz CT molecular complexity index is 414. The first kappa shape index (κ1) is 13.8. The molecule has 0 unspecified atom stereocenters. The third kappa shape index (κ3) is 5.04. The van der Waals surface area contributed by atoms with Gasteiger partial charge in [-0.1, -0.05) is 0 Å². The lowest BCUT2D eigenvalue weighted by Crippen LogP contribution is -2.43. The van der Waals surface area contributed by atoms with Crippen molar-refractivity contribution in [1.82, 2.24) is 10.3 Å². The molecule has 1 rings (SSSR count). The zero-order chi connectivity index (χ0) is 13.1. The van der Waals surface area contributed by atoms with Crippen LogP contribution in [0.3, 0.4) is 0 Å². The summed E-state index contributed by atoms with van der Waals surface area (Å²) in [5.41, 5.74) is 5.91. The van der Waals surface area contributed by atoms with E-state index in [1.807, 2.05) is 20.8 Å². The van der Waals surface area contributed by atoms with E-state index in [4.69, 9.17) is 5.73 Å². The number of hydrogen-bond donors (Lipinski definition) is 3. The van der Waals surface area contributed by atoms with E-state index in [2.05, 4.69) is 31.5 Å². The van der Waals surface area contributed by atoms with Gasteiger partial charge in [-0.25, -0.2) is 4.98 Å². The fraction of sp³-hybridized carbons (Fsp3) is 0.455. The number of amides is 1. The maximum Gasteiger partial charge on any atom is 0.239 e. The molecule has 4 N–H and O–H groups in total. The number of carbonyl (C=O) groups is 1. The van der Waals surface area contributed by atoms with Gasteiger partial charge in [0, 0.05) is 5.54 Å². The van der Waals surface area contributed by atoms with Gasteiger partial charge in [0.05, 0.1) is 22.9 Å². The second-order valence-electron chi connectivity index (χ2n) is 4.75. The summed E-state index contributed by atoms with van der Waals surface area (Å²) in [5.74, 6) is 0.520. The number of aromatic nitrogens is 1. The van der Waals surface area contributed by atoms with E-state index in [1.54, 1.807) is 6.07 Å². The van der Waals surface area contributed by atoms with E-state index in [-0.39, 0.29) is 18.0 Å². The Hall–Kier alpha value is -1.30. The van der Waals surface area contributed by atoms with Gasteiger partial charge in [-0.2, -0.15) is 0 Å². The van der Waals surface area contributed by atoms with Gasteiger partial charge in [-0.05, 0) is 42.8 Å². The van der Waals surface area contributed by atoms with Gasteiger partial charge in [0.1, 0.15) is 5.82 Å². The van der Waals surface area contributed by atoms with Gasteiger partial charge in [-0.3, -0.25) is 4.79 Å². The van der Waals surface area contributed by atoms with Crippen molar-refractivity contribution in [3.05, 3.63) is 16.7 Å². The van der Waals surface area contributed by atoms with Crippen LogP contribution in [0.15, 0.2) is 16.7 Å². The molecule has 0 bridgehead atoms. The molecule has 0 spiro atoms. The molecule has 0 saturated carbocycles. The molecule has 0 fully saturated rings. The average molecular weight is 301 g/mol. The minimum atomic E-state index is -0.232. The first-order valence-electron chi connectivity index (χ1n) is 5.24. The molecule has 0 aromatic carbocycles. The highest BCUT2D eigenvalue weighted by atomic mass is 79.9. The zero-order valence-electron chi connectivity index (χ0n) is 10.2. The molecular formula is C11H17BrN4O. The fourth-order valence-electron chi connectivity index (χ4n) is 1.21. The number of anilines is 2. The molecule has 94 valence electrons. The quantitative estimate of drug-likeness (QED) is 0.794. The summed E-state index contributed by atoms with van der Waals surface area (Å²) in [4.78, 5) is 15.7. The van der Waals surface area contributed by atoms with Crippen molar-refractivity contribution in [2.24, 2.45) is 0 Å². The van der Waals surface area contributed by atoms with Crippen LogP contribution in [0.4, 0.5) is 11.5 Å². The standard InChI is InChI=1S/C11H17BrN4O/c1-11(2,3)16-9(17)6-15-10-8(12)4-7(13)5-14-10/h4-5H,6,13H2,1-3H3,(H,14,15)(H,16,17). The molecule has 1 aromatic rings. The van der Waals surface area contributed by atoms with Crippen molar-refractivity contribution >= 4 is 33.3 Å². The van der Waals surface area contributed by atoms with E-state index >= 15 is 0 Å². The number of rotatable bonds is 3. The van der Waals surface area contributed by atoms with Gasteiger partial charge in [0.25, 0.3) is 0 Å². The molecule has 0 aliphatic rings. The van der Waals surface area contributed by atoms with E-state index < -0.39 is 0 Å². The Kier molecular flexibility index (Phi) is 4.34. The highest BCUT2D eigenvalue weighted by molar-refractivity contribution is 9.10. The monoisotopic (exact) mass is 300 g/mol. The smallest absolute Gasteiger partial charge is 0.239 e. The number of halogens is 1. The van der Waals surface area contributed by atoms with Crippen LogP contribution >= 0.6 is 15.9 Å². The highest BCUT2D eigenvalue weighted by Gasteiger charge is 2.13. The summed E-state index contributed by atoms with van der Waals surface area (Å²) in [7, 11) is 0. The topological polar surface area (TPSA) is 80.0 Å². The molecule has 0 atom stereocenters. The number of nitrogens with one attached hydrogen (secondary N) is 2. The predicted molar refractivity (Wildman–Crippen MR) is 72.7 cm³/mol. The van der Waals surface area contributed by atoms with Crippen molar-refractivity contribution in [2.45, 2.75) is 26.3 Å². The van der Waals surface area contributed by atoms with Gasteiger partial charge in [0.2, 0.25) is 5.91 Å². The molecule has 1 amide bonds. The van der Waals surface area contributed by atoms with Crippen molar-refractivity contribution < 1.29 is 4.79 Å². The Balaban J connectivity index is 2.53. The lowest BCUT2D eigenvalue weighted by atomic mass is 10.1. The lowest BCUT2D eigenvalue weighted by Gasteiger charge is -2.20. The average Bonchev–Trinajstić information content (AvgIpc) is 2.13.